The molecular formula is C45H74N8O16S. The molecule has 2 fully saturated rings. The Morgan fingerprint density at radius 2 is 1.10 bits per heavy atom. The van der Waals surface area contributed by atoms with Gasteiger partial charge in [-0.3, -0.25) is 57.7 Å². The summed E-state index contributed by atoms with van der Waals surface area (Å²) in [4.78, 5) is 148. The molecule has 2 heterocycles. The second-order valence-electron chi connectivity index (χ2n) is 18.8. The van der Waals surface area contributed by atoms with Gasteiger partial charge < -0.3 is 60.1 Å². The van der Waals surface area contributed by atoms with Gasteiger partial charge in [0, 0.05) is 102 Å². The van der Waals surface area contributed by atoms with E-state index in [0.717, 1.165) is 4.90 Å². The van der Waals surface area contributed by atoms with E-state index < -0.39 is 97.0 Å². The smallest absolute Gasteiger partial charge is 0.320 e. The van der Waals surface area contributed by atoms with Crippen molar-refractivity contribution >= 4 is 77.9 Å². The van der Waals surface area contributed by atoms with Crippen LogP contribution in [0.3, 0.4) is 0 Å². The van der Waals surface area contributed by atoms with Gasteiger partial charge in [-0.25, -0.2) is 0 Å². The van der Waals surface area contributed by atoms with Gasteiger partial charge in [0.2, 0.25) is 30.0 Å². The quantitative estimate of drug-likeness (QED) is 0.0597. The molecule has 0 aromatic rings. The molecule has 5 amide bonds. The van der Waals surface area contributed by atoms with Crippen molar-refractivity contribution in [1.82, 2.24) is 39.6 Å². The number of carboxylic acids is 5. The highest BCUT2D eigenvalue weighted by molar-refractivity contribution is 8.00. The summed E-state index contributed by atoms with van der Waals surface area (Å²) in [6.07, 6.45) is 0.769. The zero-order valence-electron chi connectivity index (χ0n) is 41.3. The average Bonchev–Trinajstić information content (AvgIpc) is 3.50. The predicted molar refractivity (Wildman–Crippen MR) is 254 cm³/mol. The average molecular weight is 1020 g/mol. The van der Waals surface area contributed by atoms with Crippen molar-refractivity contribution in [3.63, 3.8) is 0 Å². The molecule has 2 rings (SSSR count). The molecule has 0 spiro atoms. The number of likely N-dealkylation sites (N-methyl/N-ethyl adjacent to an activating group) is 2. The SMILES string of the molecule is CCN(CC(=O)O)C(CCC(=O)N1CCCN(C=O)CCN(C(=O)CCC(C(=O)O)N(CC(=O)O)CC(=O)O)CCCN(C(=O)CCSC(CC=O)C(=O)N(C)C2CC(C)(C)NC2(C)C)CC1)C(=O)O. The molecule has 2 aliphatic heterocycles. The lowest BCUT2D eigenvalue weighted by Gasteiger charge is -2.36. The first-order chi connectivity index (χ1) is 32.8. The van der Waals surface area contributed by atoms with Gasteiger partial charge in [-0.05, 0) is 66.3 Å². The van der Waals surface area contributed by atoms with E-state index in [0.29, 0.717) is 19.1 Å². The minimum absolute atomic E-state index is 0.00464. The molecule has 0 aromatic heterocycles. The summed E-state index contributed by atoms with van der Waals surface area (Å²) in [6.45, 7) is 7.58. The van der Waals surface area contributed by atoms with E-state index in [1.807, 2.05) is 27.7 Å². The van der Waals surface area contributed by atoms with Crippen molar-refractivity contribution in [1.29, 1.82) is 0 Å². The second-order valence-corrected chi connectivity index (χ2v) is 20.1. The van der Waals surface area contributed by atoms with Crippen molar-refractivity contribution in [2.45, 2.75) is 127 Å². The van der Waals surface area contributed by atoms with E-state index in [1.54, 1.807) is 18.9 Å². The number of aliphatic carboxylic acids is 5. The van der Waals surface area contributed by atoms with Gasteiger partial charge in [0.1, 0.15) is 18.4 Å². The molecule has 0 bridgehead atoms. The van der Waals surface area contributed by atoms with E-state index in [-0.39, 0.29) is 127 Å². The van der Waals surface area contributed by atoms with Crippen molar-refractivity contribution < 1.29 is 78.3 Å². The Balaban J connectivity index is 2.39. The monoisotopic (exact) mass is 1010 g/mol. The number of aldehydes is 1. The van der Waals surface area contributed by atoms with Crippen LogP contribution in [0.5, 0.6) is 0 Å². The lowest BCUT2D eigenvalue weighted by Crippen LogP contribution is -2.54. The summed E-state index contributed by atoms with van der Waals surface area (Å²) >= 11 is 1.17. The lowest BCUT2D eigenvalue weighted by atomic mass is 9.93. The molecule has 0 radical (unpaired) electrons. The third-order valence-corrected chi connectivity index (χ3v) is 13.8. The summed E-state index contributed by atoms with van der Waals surface area (Å²) in [7, 11) is 1.70. The van der Waals surface area contributed by atoms with Crippen molar-refractivity contribution in [2.75, 3.05) is 91.3 Å². The Bertz CT molecular complexity index is 1840. The Morgan fingerprint density at radius 1 is 0.657 bits per heavy atom. The largest absolute Gasteiger partial charge is 0.480 e. The number of nitrogens with one attached hydrogen (secondary N) is 1. The number of carbonyl (C=O) groups excluding carboxylic acids is 6. The molecule has 4 atom stereocenters. The van der Waals surface area contributed by atoms with Gasteiger partial charge in [0.15, 0.2) is 0 Å². The number of carboxylic acid groups (broad SMARTS) is 5. The van der Waals surface area contributed by atoms with Gasteiger partial charge >= 0.3 is 29.8 Å². The highest BCUT2D eigenvalue weighted by Crippen LogP contribution is 2.34. The molecule has 2 aliphatic rings. The van der Waals surface area contributed by atoms with Crippen LogP contribution in [-0.4, -0.2) is 252 Å². The second kappa shape index (κ2) is 29.1. The van der Waals surface area contributed by atoms with E-state index in [9.17, 15) is 78.3 Å². The minimum atomic E-state index is -1.63. The number of carbonyl (C=O) groups is 11. The van der Waals surface area contributed by atoms with Crippen LogP contribution in [0, 0.1) is 0 Å². The number of hydrogen-bond donors (Lipinski definition) is 6. The molecule has 2 saturated heterocycles. The number of nitrogens with zero attached hydrogens (tertiary/aromatic N) is 7. The van der Waals surface area contributed by atoms with Crippen LogP contribution in [-0.2, 0) is 52.7 Å². The molecular weight excluding hydrogens is 941 g/mol. The zero-order valence-corrected chi connectivity index (χ0v) is 42.1. The summed E-state index contributed by atoms with van der Waals surface area (Å²) in [5.74, 6) is -8.51. The molecule has 70 heavy (non-hydrogen) atoms. The van der Waals surface area contributed by atoms with Crippen molar-refractivity contribution in [3.05, 3.63) is 0 Å². The van der Waals surface area contributed by atoms with Crippen LogP contribution in [0.15, 0.2) is 0 Å². The van der Waals surface area contributed by atoms with Gasteiger partial charge in [-0.1, -0.05) is 6.92 Å². The standard InChI is InChI=1S/C45H74N8O16S/c1-7-49(27-38(59)60)31(42(66)67)10-12-36(57)51-17-8-16-48(30-55)20-21-50(35(56)13-11-32(43(68)69)53(28-39(61)62)29-40(63)64)18-9-19-52(23-22-51)37(58)15-25-70-33(14-24-54)41(65)47(6)34-26-44(2,3)46-45(34,4)5/h24,30-34,46H,7-23,25-29H2,1-6H3,(H,59,60)(H,61,62)(H,63,64)(H,66,67)(H,68,69). The lowest BCUT2D eigenvalue weighted by molar-refractivity contribution is -0.151. The number of amides is 5. The topological polar surface area (TPSA) is 324 Å². The normalized spacial score (nSPS) is 19.1. The Kier molecular flexibility index (Phi) is 25.2. The molecule has 24 nitrogen and oxygen atoms in total. The zero-order chi connectivity index (χ0) is 52.9. The van der Waals surface area contributed by atoms with Gasteiger partial charge in [0.25, 0.3) is 0 Å². The highest BCUT2D eigenvalue weighted by atomic mass is 32.2. The Labute approximate surface area is 413 Å². The van der Waals surface area contributed by atoms with E-state index in [4.69, 9.17) is 0 Å². The maximum absolute atomic E-state index is 14.1. The fraction of sp³-hybridized carbons (Fsp3) is 0.756. The molecule has 0 saturated carbocycles. The number of thioether (sulfide) groups is 1. The third kappa shape index (κ3) is 20.1. The molecule has 396 valence electrons. The molecule has 0 aliphatic carbocycles. The summed E-state index contributed by atoms with van der Waals surface area (Å²) < 4.78 is 0. The summed E-state index contributed by atoms with van der Waals surface area (Å²) in [6, 6.07) is -3.08. The van der Waals surface area contributed by atoms with Crippen LogP contribution in [0.1, 0.15) is 92.4 Å². The van der Waals surface area contributed by atoms with Crippen LogP contribution in [0.2, 0.25) is 0 Å². The van der Waals surface area contributed by atoms with Gasteiger partial charge in [-0.2, -0.15) is 0 Å². The van der Waals surface area contributed by atoms with Crippen LogP contribution < -0.4 is 5.32 Å². The van der Waals surface area contributed by atoms with Gasteiger partial charge in [0.05, 0.1) is 30.9 Å². The maximum Gasteiger partial charge on any atom is 0.320 e. The van der Waals surface area contributed by atoms with Crippen LogP contribution in [0.4, 0.5) is 0 Å². The number of hydrogen-bond acceptors (Lipinski definition) is 15. The van der Waals surface area contributed by atoms with Crippen molar-refractivity contribution in [2.24, 2.45) is 0 Å². The Hall–Kier alpha value is -5.40. The first-order valence-corrected chi connectivity index (χ1v) is 24.5. The van der Waals surface area contributed by atoms with Crippen LogP contribution >= 0.6 is 11.8 Å². The number of rotatable bonds is 26. The molecule has 25 heteroatoms. The molecule has 0 aromatic carbocycles. The fourth-order valence-electron chi connectivity index (χ4n) is 9.23. The van der Waals surface area contributed by atoms with Gasteiger partial charge in [-0.15, -0.1) is 11.8 Å². The Morgan fingerprint density at radius 3 is 1.51 bits per heavy atom. The van der Waals surface area contributed by atoms with E-state index in [1.165, 1.54) is 36.3 Å². The maximum atomic E-state index is 14.1. The third-order valence-electron chi connectivity index (χ3n) is 12.6. The molecule has 6 N–H and O–H groups in total. The van der Waals surface area contributed by atoms with E-state index >= 15 is 0 Å². The van der Waals surface area contributed by atoms with Crippen LogP contribution in [0.25, 0.3) is 0 Å². The minimum Gasteiger partial charge on any atom is -0.480 e. The van der Waals surface area contributed by atoms with E-state index in [2.05, 4.69) is 5.32 Å². The predicted octanol–water partition coefficient (Wildman–Crippen LogP) is -0.473. The molecule has 4 unspecified atom stereocenters. The summed E-state index contributed by atoms with van der Waals surface area (Å²) in [5.41, 5.74) is -0.650. The first-order valence-electron chi connectivity index (χ1n) is 23.5. The fourth-order valence-corrected chi connectivity index (χ4v) is 10.3. The first kappa shape index (κ1) is 60.7. The highest BCUT2D eigenvalue weighted by Gasteiger charge is 2.47. The summed E-state index contributed by atoms with van der Waals surface area (Å²) in [5, 5.41) is 50.6. The van der Waals surface area contributed by atoms with Crippen molar-refractivity contribution in [3.8, 4) is 0 Å².